The van der Waals surface area contributed by atoms with Crippen LogP contribution in [-0.2, 0) is 4.79 Å². The molecule has 7 nitrogen and oxygen atoms in total. The molecule has 1 N–H and O–H groups in total. The van der Waals surface area contributed by atoms with Gasteiger partial charge in [-0.3, -0.25) is 9.59 Å². The summed E-state index contributed by atoms with van der Waals surface area (Å²) in [6.45, 7) is 8.64. The van der Waals surface area contributed by atoms with E-state index in [0.29, 0.717) is 43.6 Å². The van der Waals surface area contributed by atoms with E-state index in [0.717, 1.165) is 23.5 Å². The number of benzene rings is 1. The van der Waals surface area contributed by atoms with Gasteiger partial charge in [-0.2, -0.15) is 0 Å². The van der Waals surface area contributed by atoms with Crippen molar-refractivity contribution in [1.82, 2.24) is 14.9 Å². The van der Waals surface area contributed by atoms with Crippen LogP contribution >= 0.6 is 0 Å². The summed E-state index contributed by atoms with van der Waals surface area (Å²) in [5, 5.41) is 2.98. The lowest BCUT2D eigenvalue weighted by molar-refractivity contribution is -0.118. The number of piperazine rings is 1. The quantitative estimate of drug-likeness (QED) is 0.821. The van der Waals surface area contributed by atoms with Crippen LogP contribution in [0.4, 0.5) is 11.5 Å². The Labute approximate surface area is 159 Å². The van der Waals surface area contributed by atoms with Crippen LogP contribution in [0, 0.1) is 6.92 Å². The van der Waals surface area contributed by atoms with E-state index in [9.17, 15) is 9.59 Å². The number of hydrogen-bond donors (Lipinski definition) is 1. The molecule has 2 heterocycles. The van der Waals surface area contributed by atoms with Crippen LogP contribution in [-0.4, -0.2) is 53.4 Å². The van der Waals surface area contributed by atoms with Gasteiger partial charge in [0.2, 0.25) is 6.41 Å². The molecule has 1 fully saturated rings. The van der Waals surface area contributed by atoms with E-state index in [1.807, 2.05) is 24.3 Å². The van der Waals surface area contributed by atoms with Gasteiger partial charge in [0.15, 0.2) is 0 Å². The van der Waals surface area contributed by atoms with E-state index in [-0.39, 0.29) is 5.91 Å². The molecule has 2 amide bonds. The Morgan fingerprint density at radius 3 is 2.52 bits per heavy atom. The lowest BCUT2D eigenvalue weighted by Gasteiger charge is -2.33. The van der Waals surface area contributed by atoms with Crippen molar-refractivity contribution in [3.63, 3.8) is 0 Å². The second-order valence-electron chi connectivity index (χ2n) is 6.98. The third-order valence-electron chi connectivity index (χ3n) is 4.68. The van der Waals surface area contributed by atoms with Crippen molar-refractivity contribution < 1.29 is 9.59 Å². The molecule has 1 aromatic heterocycles. The minimum Gasteiger partial charge on any atom is -0.353 e. The lowest BCUT2D eigenvalue weighted by Crippen LogP contribution is -2.46. The third-order valence-corrected chi connectivity index (χ3v) is 4.68. The summed E-state index contributed by atoms with van der Waals surface area (Å²) < 4.78 is 0. The van der Waals surface area contributed by atoms with Crippen molar-refractivity contribution in [2.45, 2.75) is 26.7 Å². The molecule has 0 bridgehead atoms. The number of aromatic nitrogens is 2. The largest absolute Gasteiger partial charge is 0.353 e. The normalized spacial score (nSPS) is 14.4. The molecular weight excluding hydrogens is 342 g/mol. The molecule has 0 atom stereocenters. The van der Waals surface area contributed by atoms with E-state index in [1.54, 1.807) is 17.9 Å². The Balaban J connectivity index is 1.80. The van der Waals surface area contributed by atoms with Gasteiger partial charge in [0, 0.05) is 37.9 Å². The second-order valence-corrected chi connectivity index (χ2v) is 6.98. The van der Waals surface area contributed by atoms with Crippen LogP contribution in [0.5, 0.6) is 0 Å². The molecule has 0 unspecified atom stereocenters. The Morgan fingerprint density at radius 2 is 1.85 bits per heavy atom. The Morgan fingerprint density at radius 1 is 1.15 bits per heavy atom. The first kappa shape index (κ1) is 18.8. The van der Waals surface area contributed by atoms with Crippen LogP contribution in [0.25, 0.3) is 0 Å². The van der Waals surface area contributed by atoms with Crippen LogP contribution in [0.15, 0.2) is 30.3 Å². The van der Waals surface area contributed by atoms with Crippen molar-refractivity contribution in [2.24, 2.45) is 0 Å². The molecule has 0 spiro atoms. The second kappa shape index (κ2) is 8.16. The maximum atomic E-state index is 12.8. The standard InChI is InChI=1S/C20H25N5O2/c1-14(2)16-6-4-5-7-17(16)23-20(27)18-12-19(22-15(3)21-18)25-10-8-24(13-26)9-11-25/h4-7,12-14H,8-11H2,1-3H3,(H,23,27). The summed E-state index contributed by atoms with van der Waals surface area (Å²) in [6.07, 6.45) is 0.869. The van der Waals surface area contributed by atoms with Gasteiger partial charge in [-0.25, -0.2) is 9.97 Å². The predicted octanol–water partition coefficient (Wildman–Crippen LogP) is 2.44. The summed E-state index contributed by atoms with van der Waals surface area (Å²) in [4.78, 5) is 36.3. The van der Waals surface area contributed by atoms with Crippen LogP contribution in [0.1, 0.15) is 41.6 Å². The molecule has 7 heteroatoms. The molecule has 0 radical (unpaired) electrons. The molecule has 1 saturated heterocycles. The highest BCUT2D eigenvalue weighted by Crippen LogP contribution is 2.24. The topological polar surface area (TPSA) is 78.4 Å². The first-order chi connectivity index (χ1) is 13.0. The molecular formula is C20H25N5O2. The van der Waals surface area contributed by atoms with Crippen molar-refractivity contribution in [3.8, 4) is 0 Å². The smallest absolute Gasteiger partial charge is 0.274 e. The van der Waals surface area contributed by atoms with Crippen LogP contribution in [0.3, 0.4) is 0 Å². The minimum absolute atomic E-state index is 0.249. The van der Waals surface area contributed by atoms with Gasteiger partial charge < -0.3 is 15.1 Å². The molecule has 0 saturated carbocycles. The average Bonchev–Trinajstić information content (AvgIpc) is 2.67. The molecule has 27 heavy (non-hydrogen) atoms. The Kier molecular flexibility index (Phi) is 5.69. The molecule has 1 aliphatic rings. The number of nitrogens with zero attached hydrogens (tertiary/aromatic N) is 4. The zero-order valence-electron chi connectivity index (χ0n) is 16.0. The zero-order chi connectivity index (χ0) is 19.4. The van der Waals surface area contributed by atoms with Gasteiger partial charge in [-0.15, -0.1) is 0 Å². The molecule has 1 aromatic carbocycles. The number of carbonyl (C=O) groups is 2. The number of carbonyl (C=O) groups excluding carboxylic acids is 2. The van der Waals surface area contributed by atoms with Gasteiger partial charge in [-0.05, 0) is 24.5 Å². The fourth-order valence-electron chi connectivity index (χ4n) is 3.19. The van der Waals surface area contributed by atoms with Gasteiger partial charge in [0.05, 0.1) is 0 Å². The van der Waals surface area contributed by atoms with Gasteiger partial charge >= 0.3 is 0 Å². The van der Waals surface area contributed by atoms with E-state index in [4.69, 9.17) is 0 Å². The van der Waals surface area contributed by atoms with Crippen LogP contribution < -0.4 is 10.2 Å². The Bertz CT molecular complexity index is 829. The van der Waals surface area contributed by atoms with E-state index >= 15 is 0 Å². The Hall–Kier alpha value is -2.96. The molecule has 2 aromatic rings. The summed E-state index contributed by atoms with van der Waals surface area (Å²) in [7, 11) is 0. The average molecular weight is 367 g/mol. The SMILES string of the molecule is Cc1nc(C(=O)Nc2ccccc2C(C)C)cc(N2CCN(C=O)CC2)n1. The summed E-state index contributed by atoms with van der Waals surface area (Å²) in [5.41, 5.74) is 2.23. The third kappa shape index (κ3) is 4.42. The fraction of sp³-hybridized carbons (Fsp3) is 0.400. The maximum absolute atomic E-state index is 12.8. The lowest BCUT2D eigenvalue weighted by atomic mass is 10.0. The van der Waals surface area contributed by atoms with Crippen molar-refractivity contribution >= 4 is 23.8 Å². The first-order valence-electron chi connectivity index (χ1n) is 9.18. The van der Waals surface area contributed by atoms with Gasteiger partial charge in [0.25, 0.3) is 5.91 Å². The zero-order valence-corrected chi connectivity index (χ0v) is 16.0. The van der Waals surface area contributed by atoms with E-state index < -0.39 is 0 Å². The number of para-hydroxylation sites is 1. The van der Waals surface area contributed by atoms with Gasteiger partial charge in [0.1, 0.15) is 17.3 Å². The van der Waals surface area contributed by atoms with Gasteiger partial charge in [-0.1, -0.05) is 32.0 Å². The minimum atomic E-state index is -0.249. The number of hydrogen-bond acceptors (Lipinski definition) is 5. The molecule has 3 rings (SSSR count). The van der Waals surface area contributed by atoms with Crippen molar-refractivity contribution in [3.05, 3.63) is 47.4 Å². The molecule has 0 aliphatic carbocycles. The highest BCUT2D eigenvalue weighted by Gasteiger charge is 2.20. The van der Waals surface area contributed by atoms with E-state index in [2.05, 4.69) is 34.0 Å². The van der Waals surface area contributed by atoms with E-state index in [1.165, 1.54) is 0 Å². The highest BCUT2D eigenvalue weighted by atomic mass is 16.2. The number of anilines is 2. The summed E-state index contributed by atoms with van der Waals surface area (Å²) in [6, 6.07) is 9.52. The number of amides is 2. The fourth-order valence-corrected chi connectivity index (χ4v) is 3.19. The van der Waals surface area contributed by atoms with Crippen LogP contribution in [0.2, 0.25) is 0 Å². The highest BCUT2D eigenvalue weighted by molar-refractivity contribution is 6.03. The molecule has 1 aliphatic heterocycles. The van der Waals surface area contributed by atoms with Crippen molar-refractivity contribution in [2.75, 3.05) is 36.4 Å². The maximum Gasteiger partial charge on any atom is 0.274 e. The molecule has 142 valence electrons. The summed E-state index contributed by atoms with van der Waals surface area (Å²) in [5.74, 6) is 1.32. The van der Waals surface area contributed by atoms with Crippen molar-refractivity contribution in [1.29, 1.82) is 0 Å². The number of aryl methyl sites for hydroxylation is 1. The number of rotatable bonds is 5. The monoisotopic (exact) mass is 367 g/mol. The predicted molar refractivity (Wildman–Crippen MR) is 105 cm³/mol. The first-order valence-corrected chi connectivity index (χ1v) is 9.18. The number of nitrogens with one attached hydrogen (secondary N) is 1. The summed E-state index contributed by atoms with van der Waals surface area (Å²) >= 11 is 0.